The first-order valence-electron chi connectivity index (χ1n) is 6.65. The van der Waals surface area contributed by atoms with Crippen LogP contribution in [0.5, 0.6) is 0 Å². The molecule has 98 valence electrons. The smallest absolute Gasteiger partial charge is 0.336 e. The van der Waals surface area contributed by atoms with Gasteiger partial charge in [0.15, 0.2) is 0 Å². The fourth-order valence-corrected chi connectivity index (χ4v) is 3.66. The molecule has 0 radical (unpaired) electrons. The average molecular weight is 248 g/mol. The number of carbonyl (C=O) groups is 1. The highest BCUT2D eigenvalue weighted by Gasteiger charge is 2.49. The molecule has 2 heterocycles. The van der Waals surface area contributed by atoms with Crippen LogP contribution in [-0.2, 0) is 14.3 Å². The number of fused-ring (bicyclic) bond motifs is 2. The van der Waals surface area contributed by atoms with Crippen LogP contribution in [0.3, 0.4) is 0 Å². The molecule has 0 unspecified atom stereocenters. The highest BCUT2D eigenvalue weighted by molar-refractivity contribution is 5.91. The Kier molecular flexibility index (Phi) is 2.46. The van der Waals surface area contributed by atoms with Gasteiger partial charge in [-0.1, -0.05) is 32.1 Å². The van der Waals surface area contributed by atoms with Gasteiger partial charge in [-0.05, 0) is 31.1 Å². The van der Waals surface area contributed by atoms with E-state index in [0.29, 0.717) is 12.5 Å². The Morgan fingerprint density at radius 2 is 2.11 bits per heavy atom. The normalized spacial score (nSPS) is 41.5. The fraction of sp³-hybridized carbons (Fsp3) is 0.667. The maximum atomic E-state index is 11.6. The van der Waals surface area contributed by atoms with Crippen LogP contribution in [0.2, 0.25) is 0 Å². The molecule has 3 heteroatoms. The van der Waals surface area contributed by atoms with Gasteiger partial charge in [-0.3, -0.25) is 0 Å². The van der Waals surface area contributed by atoms with E-state index in [0.717, 1.165) is 18.4 Å². The number of carbonyl (C=O) groups excluding carboxylic acids is 1. The summed E-state index contributed by atoms with van der Waals surface area (Å²) in [5.41, 5.74) is 0.628. The number of allylic oxidation sites excluding steroid dienone is 2. The largest absolute Gasteiger partial charge is 0.459 e. The van der Waals surface area contributed by atoms with Crippen LogP contribution < -0.4 is 0 Å². The summed E-state index contributed by atoms with van der Waals surface area (Å²) in [6.07, 6.45) is 8.15. The zero-order valence-electron chi connectivity index (χ0n) is 11.2. The van der Waals surface area contributed by atoms with E-state index in [-0.39, 0.29) is 23.1 Å². The first-order valence-corrected chi connectivity index (χ1v) is 6.65. The van der Waals surface area contributed by atoms with E-state index >= 15 is 0 Å². The van der Waals surface area contributed by atoms with Crippen molar-refractivity contribution < 1.29 is 14.3 Å². The first-order chi connectivity index (χ1) is 8.42. The van der Waals surface area contributed by atoms with Crippen LogP contribution in [-0.4, -0.2) is 24.3 Å². The molecule has 18 heavy (non-hydrogen) atoms. The fourth-order valence-electron chi connectivity index (χ4n) is 3.66. The molecule has 1 aliphatic carbocycles. The van der Waals surface area contributed by atoms with Crippen molar-refractivity contribution in [3.63, 3.8) is 0 Å². The number of esters is 1. The van der Waals surface area contributed by atoms with Crippen molar-refractivity contribution in [1.29, 1.82) is 0 Å². The summed E-state index contributed by atoms with van der Waals surface area (Å²) in [5, 5.41) is 0. The lowest BCUT2D eigenvalue weighted by Gasteiger charge is -2.47. The molecule has 0 amide bonds. The minimum absolute atomic E-state index is 0.104. The molecular weight excluding hydrogens is 228 g/mol. The maximum Gasteiger partial charge on any atom is 0.336 e. The van der Waals surface area contributed by atoms with E-state index in [4.69, 9.17) is 9.47 Å². The Morgan fingerprint density at radius 3 is 2.89 bits per heavy atom. The number of hydrogen-bond donors (Lipinski definition) is 0. The van der Waals surface area contributed by atoms with Gasteiger partial charge in [0.1, 0.15) is 12.7 Å². The van der Waals surface area contributed by atoms with Crippen molar-refractivity contribution in [2.75, 3.05) is 6.61 Å². The Balaban J connectivity index is 1.99. The van der Waals surface area contributed by atoms with E-state index in [9.17, 15) is 4.79 Å². The molecule has 1 fully saturated rings. The molecule has 2 aliphatic heterocycles. The van der Waals surface area contributed by atoms with Gasteiger partial charge in [0.2, 0.25) is 0 Å². The van der Waals surface area contributed by atoms with Gasteiger partial charge in [-0.25, -0.2) is 4.79 Å². The lowest BCUT2D eigenvalue weighted by atomic mass is 9.64. The predicted molar refractivity (Wildman–Crippen MR) is 68.0 cm³/mol. The minimum atomic E-state index is -0.201. The van der Waals surface area contributed by atoms with Crippen molar-refractivity contribution in [1.82, 2.24) is 0 Å². The Labute approximate surface area is 108 Å². The zero-order chi connectivity index (χ0) is 13.0. The molecule has 0 spiro atoms. The van der Waals surface area contributed by atoms with Gasteiger partial charge in [-0.15, -0.1) is 0 Å². The standard InChI is InChI=1S/C15H20O3/c1-14(2)7-4-8-15(3)12(14)6-5-10-11(18-15)9-17-13(10)16/h4-5,7,11-12H,6,8-9H2,1-3H3/t11-,12-,15-/m0/s1. The van der Waals surface area contributed by atoms with Gasteiger partial charge in [0.05, 0.1) is 11.2 Å². The van der Waals surface area contributed by atoms with Gasteiger partial charge < -0.3 is 9.47 Å². The van der Waals surface area contributed by atoms with Crippen molar-refractivity contribution in [2.24, 2.45) is 11.3 Å². The van der Waals surface area contributed by atoms with Gasteiger partial charge in [0.25, 0.3) is 0 Å². The number of cyclic esters (lactones) is 1. The minimum Gasteiger partial charge on any atom is -0.459 e. The molecule has 0 bridgehead atoms. The van der Waals surface area contributed by atoms with E-state index < -0.39 is 0 Å². The van der Waals surface area contributed by atoms with Crippen molar-refractivity contribution >= 4 is 5.97 Å². The Morgan fingerprint density at radius 1 is 1.33 bits per heavy atom. The molecule has 1 saturated heterocycles. The zero-order valence-corrected chi connectivity index (χ0v) is 11.2. The molecular formula is C15H20O3. The second kappa shape index (κ2) is 3.70. The highest BCUT2D eigenvalue weighted by Crippen LogP contribution is 2.49. The SMILES string of the molecule is CC1(C)C=CC[C@]2(C)O[C@H]3COC(=O)C3=CC[C@@H]12. The monoisotopic (exact) mass is 248 g/mol. The van der Waals surface area contributed by atoms with E-state index in [2.05, 4.69) is 32.9 Å². The quantitative estimate of drug-likeness (QED) is 0.488. The third-order valence-electron chi connectivity index (χ3n) is 4.64. The summed E-state index contributed by atoms with van der Waals surface area (Å²) in [4.78, 5) is 11.6. The lowest BCUT2D eigenvalue weighted by molar-refractivity contribution is -0.139. The molecule has 0 aromatic heterocycles. The van der Waals surface area contributed by atoms with E-state index in [1.807, 2.05) is 6.08 Å². The van der Waals surface area contributed by atoms with Crippen LogP contribution >= 0.6 is 0 Å². The summed E-state index contributed by atoms with van der Waals surface area (Å²) in [7, 11) is 0. The maximum absolute atomic E-state index is 11.6. The van der Waals surface area contributed by atoms with Gasteiger partial charge in [0, 0.05) is 0 Å². The van der Waals surface area contributed by atoms with Crippen LogP contribution in [0.25, 0.3) is 0 Å². The molecule has 3 aliphatic rings. The summed E-state index contributed by atoms with van der Waals surface area (Å²) in [5.74, 6) is 0.203. The molecule has 3 atom stereocenters. The summed E-state index contributed by atoms with van der Waals surface area (Å²) in [6.45, 7) is 7.03. The average Bonchev–Trinajstić information content (AvgIpc) is 2.52. The second-order valence-electron chi connectivity index (χ2n) is 6.39. The van der Waals surface area contributed by atoms with Crippen LogP contribution in [0, 0.1) is 11.3 Å². The molecule has 0 saturated carbocycles. The number of rotatable bonds is 0. The van der Waals surface area contributed by atoms with Gasteiger partial charge in [-0.2, -0.15) is 0 Å². The number of hydrogen-bond acceptors (Lipinski definition) is 3. The highest BCUT2D eigenvalue weighted by atomic mass is 16.6. The molecule has 0 N–H and O–H groups in total. The summed E-state index contributed by atoms with van der Waals surface area (Å²) in [6, 6.07) is 0. The van der Waals surface area contributed by atoms with E-state index in [1.54, 1.807) is 0 Å². The first kappa shape index (κ1) is 12.0. The summed E-state index contributed by atoms with van der Waals surface area (Å²) < 4.78 is 11.3. The molecule has 3 rings (SSSR count). The lowest BCUT2D eigenvalue weighted by Crippen LogP contribution is -2.47. The Bertz CT molecular complexity index is 447. The van der Waals surface area contributed by atoms with Crippen LogP contribution in [0.4, 0.5) is 0 Å². The summed E-state index contributed by atoms with van der Waals surface area (Å²) >= 11 is 0. The predicted octanol–water partition coefficient (Wildman–Crippen LogP) is 2.62. The van der Waals surface area contributed by atoms with Crippen molar-refractivity contribution in [3.8, 4) is 0 Å². The molecule has 3 nitrogen and oxygen atoms in total. The Hall–Kier alpha value is -1.09. The van der Waals surface area contributed by atoms with Crippen molar-refractivity contribution in [3.05, 3.63) is 23.8 Å². The topological polar surface area (TPSA) is 35.5 Å². The third-order valence-corrected chi connectivity index (χ3v) is 4.64. The third kappa shape index (κ3) is 1.64. The van der Waals surface area contributed by atoms with Crippen molar-refractivity contribution in [2.45, 2.75) is 45.3 Å². The van der Waals surface area contributed by atoms with Crippen LogP contribution in [0.1, 0.15) is 33.6 Å². The number of ether oxygens (including phenoxy) is 2. The van der Waals surface area contributed by atoms with E-state index in [1.165, 1.54) is 0 Å². The molecule has 0 aromatic rings. The van der Waals surface area contributed by atoms with Gasteiger partial charge >= 0.3 is 5.97 Å². The van der Waals surface area contributed by atoms with Crippen LogP contribution in [0.15, 0.2) is 23.8 Å². The molecule has 0 aromatic carbocycles. The second-order valence-corrected chi connectivity index (χ2v) is 6.39.